The van der Waals surface area contributed by atoms with E-state index in [4.69, 9.17) is 9.47 Å². The lowest BCUT2D eigenvalue weighted by Crippen LogP contribution is -2.43. The van der Waals surface area contributed by atoms with Crippen LogP contribution in [0.25, 0.3) is 11.4 Å². The molecule has 1 aliphatic carbocycles. The molecule has 0 atom stereocenters. The third-order valence-corrected chi connectivity index (χ3v) is 4.65. The highest BCUT2D eigenvalue weighted by molar-refractivity contribution is 6.04. The second-order valence-electron chi connectivity index (χ2n) is 6.89. The van der Waals surface area contributed by atoms with E-state index in [-0.39, 0.29) is 5.82 Å². The number of aromatic nitrogens is 4. The summed E-state index contributed by atoms with van der Waals surface area (Å²) in [5.74, 6) is 0.875. The molecule has 154 valence electrons. The maximum atomic E-state index is 12.0. The Morgan fingerprint density at radius 1 is 1.10 bits per heavy atom. The van der Waals surface area contributed by atoms with Gasteiger partial charge in [-0.2, -0.15) is 0 Å². The van der Waals surface area contributed by atoms with E-state index in [0.717, 1.165) is 5.69 Å². The summed E-state index contributed by atoms with van der Waals surface area (Å²) in [6, 6.07) is 6.06. The van der Waals surface area contributed by atoms with Gasteiger partial charge < -0.3 is 14.0 Å². The zero-order chi connectivity index (χ0) is 21.1. The summed E-state index contributed by atoms with van der Waals surface area (Å²) < 4.78 is 12.8. The predicted octanol–water partition coefficient (Wildman–Crippen LogP) is 2.50. The maximum absolute atomic E-state index is 12.0. The number of imidazole rings is 1. The maximum Gasteiger partial charge on any atom is 0.327 e. The normalized spacial score (nSPS) is 14.1. The highest BCUT2D eigenvalue weighted by Crippen LogP contribution is 2.38. The van der Waals surface area contributed by atoms with Crippen molar-refractivity contribution in [2.75, 3.05) is 12.4 Å². The van der Waals surface area contributed by atoms with E-state index in [2.05, 4.69) is 25.6 Å². The van der Waals surface area contributed by atoms with Gasteiger partial charge in [0.25, 0.3) is 5.91 Å². The van der Waals surface area contributed by atoms with Crippen molar-refractivity contribution in [3.8, 4) is 22.9 Å². The molecule has 1 fully saturated rings. The number of aryl methyl sites for hydroxylation is 1. The van der Waals surface area contributed by atoms with Crippen LogP contribution in [0.1, 0.15) is 12.8 Å². The van der Waals surface area contributed by atoms with Gasteiger partial charge in [0, 0.05) is 32.6 Å². The molecule has 0 radical (unpaired) electrons. The summed E-state index contributed by atoms with van der Waals surface area (Å²) in [6.45, 7) is 0. The Hall–Kier alpha value is -3.79. The first-order chi connectivity index (χ1) is 14.5. The molecule has 0 aromatic carbocycles. The fraction of sp³-hybridized carbons (Fsp3) is 0.250. The number of carbonyl (C=O) groups excluding carboxylic acids is 2. The molecule has 3 heterocycles. The minimum absolute atomic E-state index is 0.277. The number of ether oxygens (including phenoxy) is 2. The number of imide groups is 1. The van der Waals surface area contributed by atoms with Crippen LogP contribution in [0.3, 0.4) is 0 Å². The van der Waals surface area contributed by atoms with Crippen LogP contribution in [0.4, 0.5) is 10.6 Å². The van der Waals surface area contributed by atoms with E-state index in [9.17, 15) is 9.59 Å². The fourth-order valence-electron chi connectivity index (χ4n) is 2.81. The Kier molecular flexibility index (Phi) is 5.15. The topological polar surface area (TPSA) is 120 Å². The van der Waals surface area contributed by atoms with Gasteiger partial charge in [-0.15, -0.1) is 0 Å². The summed E-state index contributed by atoms with van der Waals surface area (Å²) in [4.78, 5) is 36.7. The summed E-state index contributed by atoms with van der Waals surface area (Å²) >= 11 is 0. The van der Waals surface area contributed by atoms with Crippen LogP contribution in [0, 0.1) is 0 Å². The van der Waals surface area contributed by atoms with Gasteiger partial charge in [0.15, 0.2) is 0 Å². The molecule has 1 saturated carbocycles. The lowest BCUT2D eigenvalue weighted by atomic mass is 10.3. The van der Waals surface area contributed by atoms with E-state index >= 15 is 0 Å². The van der Waals surface area contributed by atoms with Crippen LogP contribution < -0.4 is 15.4 Å². The number of carbonyl (C=O) groups is 2. The molecule has 0 bridgehead atoms. The third-order valence-electron chi connectivity index (χ3n) is 4.65. The van der Waals surface area contributed by atoms with Gasteiger partial charge in [0.1, 0.15) is 28.6 Å². The SMILES string of the molecule is COC1(C(=O)NC(=O)Nc2ccc(Oc3ccnc(-c4cn(C)cn4)c3)cn2)CC1. The van der Waals surface area contributed by atoms with Crippen molar-refractivity contribution in [1.82, 2.24) is 24.8 Å². The van der Waals surface area contributed by atoms with Crippen molar-refractivity contribution in [1.29, 1.82) is 0 Å². The lowest BCUT2D eigenvalue weighted by molar-refractivity contribution is -0.132. The average molecular weight is 408 g/mol. The second-order valence-corrected chi connectivity index (χ2v) is 6.89. The van der Waals surface area contributed by atoms with Crippen LogP contribution >= 0.6 is 0 Å². The molecule has 1 aliphatic rings. The van der Waals surface area contributed by atoms with Gasteiger partial charge in [-0.1, -0.05) is 0 Å². The highest BCUT2D eigenvalue weighted by atomic mass is 16.5. The molecular weight excluding hydrogens is 388 g/mol. The van der Waals surface area contributed by atoms with E-state index in [1.165, 1.54) is 13.3 Å². The summed E-state index contributed by atoms with van der Waals surface area (Å²) in [5, 5.41) is 4.77. The van der Waals surface area contributed by atoms with Crippen LogP contribution in [0.15, 0.2) is 49.2 Å². The molecule has 0 unspecified atom stereocenters. The van der Waals surface area contributed by atoms with Crippen LogP contribution in [-0.2, 0) is 16.6 Å². The van der Waals surface area contributed by atoms with Gasteiger partial charge in [-0.25, -0.2) is 14.8 Å². The molecule has 4 rings (SSSR count). The molecular formula is C20H20N6O4. The molecule has 3 amide bonds. The van der Waals surface area contributed by atoms with Crippen molar-refractivity contribution in [2.45, 2.75) is 18.4 Å². The Morgan fingerprint density at radius 3 is 2.57 bits per heavy atom. The quantitative estimate of drug-likeness (QED) is 0.643. The Labute approximate surface area is 172 Å². The average Bonchev–Trinajstić information content (AvgIpc) is 3.43. The Bertz CT molecular complexity index is 1070. The molecule has 0 aliphatic heterocycles. The second kappa shape index (κ2) is 7.91. The standard InChI is InChI=1S/C20H20N6O4/c1-26-11-16(23-12-26)15-9-13(5-8-21-15)30-14-3-4-17(22-10-14)24-19(28)25-18(27)20(29-2)6-7-20/h3-5,8-12H,6-7H2,1-2H3,(H2,22,24,25,27,28). The third kappa shape index (κ3) is 4.28. The first-order valence-electron chi connectivity index (χ1n) is 9.23. The Balaban J connectivity index is 1.36. The predicted molar refractivity (Wildman–Crippen MR) is 107 cm³/mol. The summed E-state index contributed by atoms with van der Waals surface area (Å²) in [5.41, 5.74) is 0.550. The Morgan fingerprint density at radius 2 is 1.93 bits per heavy atom. The molecule has 10 heteroatoms. The van der Waals surface area contributed by atoms with Crippen molar-refractivity contribution in [3.05, 3.63) is 49.2 Å². The minimum atomic E-state index is -0.874. The monoisotopic (exact) mass is 408 g/mol. The van der Waals surface area contributed by atoms with Crippen molar-refractivity contribution in [3.63, 3.8) is 0 Å². The van der Waals surface area contributed by atoms with E-state index < -0.39 is 17.5 Å². The lowest BCUT2D eigenvalue weighted by Gasteiger charge is -2.13. The molecule has 10 nitrogen and oxygen atoms in total. The van der Waals surface area contributed by atoms with Crippen molar-refractivity contribution >= 4 is 17.8 Å². The molecule has 2 N–H and O–H groups in total. The number of anilines is 1. The molecule has 3 aromatic heterocycles. The summed E-state index contributed by atoms with van der Waals surface area (Å²) in [7, 11) is 3.34. The van der Waals surface area contributed by atoms with Gasteiger partial charge in [-0.3, -0.25) is 20.4 Å². The smallest absolute Gasteiger partial charge is 0.327 e. The number of amides is 3. The van der Waals surface area contributed by atoms with Crippen molar-refractivity contribution in [2.24, 2.45) is 7.05 Å². The number of hydrogen-bond donors (Lipinski definition) is 2. The van der Waals surface area contributed by atoms with Crippen LogP contribution in [-0.4, -0.2) is 44.2 Å². The van der Waals surface area contributed by atoms with Gasteiger partial charge in [-0.05, 0) is 31.0 Å². The fourth-order valence-corrected chi connectivity index (χ4v) is 2.81. The van der Waals surface area contributed by atoms with E-state index in [1.54, 1.807) is 36.8 Å². The first kappa shape index (κ1) is 19.5. The number of rotatable bonds is 6. The van der Waals surface area contributed by atoms with Gasteiger partial charge in [0.05, 0.1) is 18.2 Å². The van der Waals surface area contributed by atoms with Crippen molar-refractivity contribution < 1.29 is 19.1 Å². The first-order valence-corrected chi connectivity index (χ1v) is 9.23. The summed E-state index contributed by atoms with van der Waals surface area (Å²) in [6.07, 6.45) is 7.87. The van der Waals surface area contributed by atoms with Gasteiger partial charge in [0.2, 0.25) is 0 Å². The van der Waals surface area contributed by atoms with E-state index in [1.807, 2.05) is 17.8 Å². The molecule has 30 heavy (non-hydrogen) atoms. The number of hydrogen-bond acceptors (Lipinski definition) is 7. The van der Waals surface area contributed by atoms with Crippen LogP contribution in [0.2, 0.25) is 0 Å². The highest BCUT2D eigenvalue weighted by Gasteiger charge is 2.51. The zero-order valence-electron chi connectivity index (χ0n) is 16.5. The van der Waals surface area contributed by atoms with Crippen LogP contribution in [0.5, 0.6) is 11.5 Å². The largest absolute Gasteiger partial charge is 0.456 e. The molecule has 0 spiro atoms. The molecule has 0 saturated heterocycles. The minimum Gasteiger partial charge on any atom is -0.456 e. The van der Waals surface area contributed by atoms with Gasteiger partial charge >= 0.3 is 6.03 Å². The number of urea groups is 1. The number of nitrogens with one attached hydrogen (secondary N) is 2. The number of pyridine rings is 2. The molecule has 3 aromatic rings. The zero-order valence-corrected chi connectivity index (χ0v) is 16.5. The van der Waals surface area contributed by atoms with E-state index in [0.29, 0.717) is 30.0 Å². The number of nitrogens with zero attached hydrogens (tertiary/aromatic N) is 4. The number of methoxy groups -OCH3 is 1.